The molecular weight excluding hydrogens is 371 g/mol. The number of nitrogens with zero attached hydrogens (tertiary/aromatic N) is 1. The summed E-state index contributed by atoms with van der Waals surface area (Å²) in [5, 5.41) is 8.04. The second-order valence-electron chi connectivity index (χ2n) is 6.39. The standard InChI is InChI=1S/C22H21FN4O2/c23-19-9-5-4-8-17(19)15-25-22(29)27-20(14-16-6-2-1-3-7-16)21(28)26-18-10-12-24-13-11-18/h1-13,20H,14-15H2,(H,24,26,28)(H2,25,27,29)/t20-/m0/s1. The molecule has 0 aliphatic heterocycles. The molecule has 0 radical (unpaired) electrons. The van der Waals surface area contributed by atoms with Gasteiger partial charge in [-0.25, -0.2) is 9.18 Å². The van der Waals surface area contributed by atoms with Gasteiger partial charge in [0.1, 0.15) is 11.9 Å². The molecule has 0 saturated heterocycles. The topological polar surface area (TPSA) is 83.1 Å². The number of hydrogen-bond acceptors (Lipinski definition) is 3. The number of rotatable bonds is 7. The number of hydrogen-bond donors (Lipinski definition) is 3. The van der Waals surface area contributed by atoms with Gasteiger partial charge in [-0.1, -0.05) is 48.5 Å². The molecule has 29 heavy (non-hydrogen) atoms. The highest BCUT2D eigenvalue weighted by Crippen LogP contribution is 2.09. The minimum atomic E-state index is -0.814. The number of carbonyl (C=O) groups excluding carboxylic acids is 2. The van der Waals surface area contributed by atoms with Crippen LogP contribution in [0.25, 0.3) is 0 Å². The Kier molecular flexibility index (Phi) is 6.89. The van der Waals surface area contributed by atoms with Crippen molar-refractivity contribution >= 4 is 17.6 Å². The van der Waals surface area contributed by atoms with Gasteiger partial charge >= 0.3 is 6.03 Å². The molecule has 6 nitrogen and oxygen atoms in total. The number of nitrogens with one attached hydrogen (secondary N) is 3. The van der Waals surface area contributed by atoms with Crippen LogP contribution in [0.2, 0.25) is 0 Å². The minimum absolute atomic E-state index is 0.0164. The maximum Gasteiger partial charge on any atom is 0.315 e. The summed E-state index contributed by atoms with van der Waals surface area (Å²) < 4.78 is 13.7. The quantitative estimate of drug-likeness (QED) is 0.577. The molecule has 0 aliphatic rings. The first-order valence-corrected chi connectivity index (χ1v) is 9.14. The lowest BCUT2D eigenvalue weighted by Gasteiger charge is -2.19. The number of halogens is 1. The lowest BCUT2D eigenvalue weighted by atomic mass is 10.1. The van der Waals surface area contributed by atoms with Crippen molar-refractivity contribution in [1.29, 1.82) is 0 Å². The van der Waals surface area contributed by atoms with E-state index in [0.29, 0.717) is 17.7 Å². The van der Waals surface area contributed by atoms with E-state index in [1.165, 1.54) is 6.07 Å². The molecule has 148 valence electrons. The summed E-state index contributed by atoms with van der Waals surface area (Å²) in [6.07, 6.45) is 3.44. The number of aromatic nitrogens is 1. The Bertz CT molecular complexity index is 951. The molecule has 3 N–H and O–H groups in total. The molecule has 1 atom stereocenters. The first kappa shape index (κ1) is 20.0. The van der Waals surface area contributed by atoms with Gasteiger partial charge in [0.05, 0.1) is 0 Å². The molecular formula is C22H21FN4O2. The van der Waals surface area contributed by atoms with Crippen molar-refractivity contribution in [3.05, 3.63) is 96.1 Å². The number of benzene rings is 2. The Morgan fingerprint density at radius 2 is 1.62 bits per heavy atom. The summed E-state index contributed by atoms with van der Waals surface area (Å²) in [6, 6.07) is 17.5. The maximum absolute atomic E-state index is 13.7. The van der Waals surface area contributed by atoms with Crippen LogP contribution in [-0.2, 0) is 17.8 Å². The van der Waals surface area contributed by atoms with Crippen molar-refractivity contribution < 1.29 is 14.0 Å². The third-order valence-corrected chi connectivity index (χ3v) is 4.25. The van der Waals surface area contributed by atoms with Crippen LogP contribution in [0.15, 0.2) is 79.1 Å². The summed E-state index contributed by atoms with van der Waals surface area (Å²) in [4.78, 5) is 29.0. The lowest BCUT2D eigenvalue weighted by Crippen LogP contribution is -2.49. The molecule has 2 aromatic carbocycles. The van der Waals surface area contributed by atoms with Gasteiger partial charge < -0.3 is 16.0 Å². The first-order valence-electron chi connectivity index (χ1n) is 9.14. The summed E-state index contributed by atoms with van der Waals surface area (Å²) in [5.41, 5.74) is 1.84. The van der Waals surface area contributed by atoms with E-state index < -0.39 is 17.9 Å². The third kappa shape index (κ3) is 6.14. The van der Waals surface area contributed by atoms with E-state index in [1.54, 1.807) is 42.7 Å². The predicted octanol–water partition coefficient (Wildman–Crippen LogP) is 3.27. The number of urea groups is 1. The van der Waals surface area contributed by atoms with Crippen LogP contribution in [0.4, 0.5) is 14.9 Å². The Morgan fingerprint density at radius 3 is 2.34 bits per heavy atom. The van der Waals surface area contributed by atoms with Gasteiger partial charge in [-0.3, -0.25) is 9.78 Å². The van der Waals surface area contributed by atoms with E-state index in [2.05, 4.69) is 20.9 Å². The largest absolute Gasteiger partial charge is 0.334 e. The fourth-order valence-corrected chi connectivity index (χ4v) is 2.75. The van der Waals surface area contributed by atoms with E-state index in [1.807, 2.05) is 30.3 Å². The third-order valence-electron chi connectivity index (χ3n) is 4.25. The SMILES string of the molecule is O=C(NCc1ccccc1F)N[C@@H](Cc1ccccc1)C(=O)Nc1ccncc1. The van der Waals surface area contributed by atoms with Crippen LogP contribution in [0.3, 0.4) is 0 Å². The number of carbonyl (C=O) groups is 2. The number of pyridine rings is 1. The average Bonchev–Trinajstić information content (AvgIpc) is 2.74. The molecule has 0 bridgehead atoms. The fraction of sp³-hybridized carbons (Fsp3) is 0.136. The second-order valence-corrected chi connectivity index (χ2v) is 6.39. The van der Waals surface area contributed by atoms with Crippen LogP contribution in [0, 0.1) is 5.82 Å². The average molecular weight is 392 g/mol. The number of amides is 3. The zero-order valence-corrected chi connectivity index (χ0v) is 15.6. The highest BCUT2D eigenvalue weighted by Gasteiger charge is 2.21. The van der Waals surface area contributed by atoms with Crippen molar-refractivity contribution in [2.24, 2.45) is 0 Å². The van der Waals surface area contributed by atoms with Gasteiger partial charge in [0.2, 0.25) is 5.91 Å². The van der Waals surface area contributed by atoms with Crippen molar-refractivity contribution in [2.45, 2.75) is 19.0 Å². The van der Waals surface area contributed by atoms with E-state index in [0.717, 1.165) is 5.56 Å². The Labute approximate surface area is 168 Å². The Morgan fingerprint density at radius 1 is 0.931 bits per heavy atom. The van der Waals surface area contributed by atoms with Crippen LogP contribution in [0.5, 0.6) is 0 Å². The lowest BCUT2D eigenvalue weighted by molar-refractivity contribution is -0.117. The van der Waals surface area contributed by atoms with Gasteiger partial charge in [0.25, 0.3) is 0 Å². The van der Waals surface area contributed by atoms with Gasteiger partial charge in [0, 0.05) is 36.6 Å². The molecule has 0 spiro atoms. The van der Waals surface area contributed by atoms with Crippen molar-refractivity contribution in [2.75, 3.05) is 5.32 Å². The highest BCUT2D eigenvalue weighted by atomic mass is 19.1. The minimum Gasteiger partial charge on any atom is -0.334 e. The van der Waals surface area contributed by atoms with E-state index in [-0.39, 0.29) is 12.5 Å². The van der Waals surface area contributed by atoms with Crippen LogP contribution < -0.4 is 16.0 Å². The fourth-order valence-electron chi connectivity index (χ4n) is 2.75. The molecule has 0 fully saturated rings. The van der Waals surface area contributed by atoms with Gasteiger partial charge in [-0.15, -0.1) is 0 Å². The van der Waals surface area contributed by atoms with Gasteiger partial charge in [0.15, 0.2) is 0 Å². The molecule has 7 heteroatoms. The first-order chi connectivity index (χ1) is 14.1. The molecule has 3 aromatic rings. The van der Waals surface area contributed by atoms with Crippen molar-refractivity contribution in [3.8, 4) is 0 Å². The molecule has 0 unspecified atom stereocenters. The second kappa shape index (κ2) is 9.98. The van der Waals surface area contributed by atoms with Crippen LogP contribution in [0.1, 0.15) is 11.1 Å². The monoisotopic (exact) mass is 392 g/mol. The maximum atomic E-state index is 13.7. The summed E-state index contributed by atoms with van der Waals surface area (Å²) >= 11 is 0. The smallest absolute Gasteiger partial charge is 0.315 e. The van der Waals surface area contributed by atoms with Gasteiger partial charge in [-0.2, -0.15) is 0 Å². The summed E-state index contributed by atoms with van der Waals surface area (Å²) in [7, 11) is 0. The molecule has 0 saturated carbocycles. The van der Waals surface area contributed by atoms with E-state index in [4.69, 9.17) is 0 Å². The van der Waals surface area contributed by atoms with Gasteiger partial charge in [-0.05, 0) is 23.8 Å². The molecule has 3 amide bonds. The molecule has 1 aromatic heterocycles. The number of anilines is 1. The van der Waals surface area contributed by atoms with Crippen LogP contribution >= 0.6 is 0 Å². The van der Waals surface area contributed by atoms with Crippen LogP contribution in [-0.4, -0.2) is 23.0 Å². The van der Waals surface area contributed by atoms with Crippen molar-refractivity contribution in [3.63, 3.8) is 0 Å². The zero-order chi connectivity index (χ0) is 20.5. The highest BCUT2D eigenvalue weighted by molar-refractivity contribution is 5.97. The Balaban J connectivity index is 1.66. The summed E-state index contributed by atoms with van der Waals surface area (Å²) in [5.74, 6) is -0.759. The molecule has 1 heterocycles. The van der Waals surface area contributed by atoms with Crippen molar-refractivity contribution in [1.82, 2.24) is 15.6 Å². The molecule has 3 rings (SSSR count). The Hall–Kier alpha value is -3.74. The predicted molar refractivity (Wildman–Crippen MR) is 109 cm³/mol. The van der Waals surface area contributed by atoms with E-state index in [9.17, 15) is 14.0 Å². The zero-order valence-electron chi connectivity index (χ0n) is 15.6. The van der Waals surface area contributed by atoms with E-state index >= 15 is 0 Å². The molecule has 0 aliphatic carbocycles. The summed E-state index contributed by atoms with van der Waals surface area (Å²) in [6.45, 7) is 0.0164. The normalized spacial score (nSPS) is 11.3.